The molecule has 19 heavy (non-hydrogen) atoms. The average Bonchev–Trinajstić information content (AvgIpc) is 2.71. The lowest BCUT2D eigenvalue weighted by Crippen LogP contribution is -2.30. The van der Waals surface area contributed by atoms with Gasteiger partial charge in [-0.25, -0.2) is 0 Å². The largest absolute Gasteiger partial charge is 0.504 e. The van der Waals surface area contributed by atoms with E-state index in [-0.39, 0.29) is 11.9 Å². The maximum absolute atomic E-state index is 9.51. The Morgan fingerprint density at radius 2 is 2.26 bits per heavy atom. The molecule has 0 saturated carbocycles. The van der Waals surface area contributed by atoms with Gasteiger partial charge in [0.25, 0.3) is 0 Å². The van der Waals surface area contributed by atoms with Crippen molar-refractivity contribution < 1.29 is 19.3 Å². The Morgan fingerprint density at radius 1 is 1.47 bits per heavy atom. The SMILES string of the molecule is COc1cc(CNCC2COC(C)(C)O2)ccc1O. The van der Waals surface area contributed by atoms with Crippen LogP contribution in [0.5, 0.6) is 11.5 Å². The van der Waals surface area contributed by atoms with Gasteiger partial charge in [-0.15, -0.1) is 0 Å². The lowest BCUT2D eigenvalue weighted by Gasteiger charge is -2.17. The molecule has 2 rings (SSSR count). The van der Waals surface area contributed by atoms with Crippen LogP contribution in [0.25, 0.3) is 0 Å². The molecular weight excluding hydrogens is 246 g/mol. The van der Waals surface area contributed by atoms with Gasteiger partial charge in [0, 0.05) is 13.1 Å². The Morgan fingerprint density at radius 3 is 2.89 bits per heavy atom. The van der Waals surface area contributed by atoms with Crippen molar-refractivity contribution in [3.63, 3.8) is 0 Å². The van der Waals surface area contributed by atoms with E-state index in [1.54, 1.807) is 6.07 Å². The molecule has 1 aliphatic rings. The predicted molar refractivity (Wildman–Crippen MR) is 71.3 cm³/mol. The van der Waals surface area contributed by atoms with Gasteiger partial charge in [-0.3, -0.25) is 0 Å². The molecule has 0 spiro atoms. The van der Waals surface area contributed by atoms with Gasteiger partial charge in [-0.05, 0) is 31.5 Å². The number of methoxy groups -OCH3 is 1. The molecular formula is C14H21NO4. The summed E-state index contributed by atoms with van der Waals surface area (Å²) in [5.41, 5.74) is 1.05. The van der Waals surface area contributed by atoms with E-state index >= 15 is 0 Å². The first kappa shape index (κ1) is 14.1. The zero-order valence-electron chi connectivity index (χ0n) is 11.6. The first-order chi connectivity index (χ1) is 9.00. The van der Waals surface area contributed by atoms with Gasteiger partial charge in [0.1, 0.15) is 0 Å². The van der Waals surface area contributed by atoms with Crippen molar-refractivity contribution in [3.8, 4) is 11.5 Å². The van der Waals surface area contributed by atoms with Gasteiger partial charge in [0.15, 0.2) is 17.3 Å². The minimum Gasteiger partial charge on any atom is -0.504 e. The lowest BCUT2D eigenvalue weighted by molar-refractivity contribution is -0.137. The van der Waals surface area contributed by atoms with E-state index in [1.807, 2.05) is 26.0 Å². The molecule has 1 aromatic rings. The zero-order valence-corrected chi connectivity index (χ0v) is 11.6. The molecule has 1 heterocycles. The van der Waals surface area contributed by atoms with Gasteiger partial charge in [-0.2, -0.15) is 0 Å². The first-order valence-corrected chi connectivity index (χ1v) is 6.38. The topological polar surface area (TPSA) is 60.0 Å². The fourth-order valence-corrected chi connectivity index (χ4v) is 2.07. The summed E-state index contributed by atoms with van der Waals surface area (Å²) in [5, 5.41) is 12.8. The van der Waals surface area contributed by atoms with E-state index in [1.165, 1.54) is 7.11 Å². The molecule has 0 aliphatic carbocycles. The van der Waals surface area contributed by atoms with Crippen molar-refractivity contribution in [2.24, 2.45) is 0 Å². The van der Waals surface area contributed by atoms with E-state index in [0.717, 1.165) is 12.1 Å². The summed E-state index contributed by atoms with van der Waals surface area (Å²) < 4.78 is 16.3. The molecule has 1 atom stereocenters. The maximum Gasteiger partial charge on any atom is 0.163 e. The predicted octanol–water partition coefficient (Wildman–Crippen LogP) is 1.64. The van der Waals surface area contributed by atoms with Crippen LogP contribution in [0.3, 0.4) is 0 Å². The molecule has 5 nitrogen and oxygen atoms in total. The minimum atomic E-state index is -0.478. The van der Waals surface area contributed by atoms with Gasteiger partial charge < -0.3 is 24.6 Å². The van der Waals surface area contributed by atoms with Crippen molar-refractivity contribution in [3.05, 3.63) is 23.8 Å². The van der Waals surface area contributed by atoms with Crippen molar-refractivity contribution in [1.29, 1.82) is 0 Å². The van der Waals surface area contributed by atoms with Gasteiger partial charge in [0.05, 0.1) is 19.8 Å². The van der Waals surface area contributed by atoms with Crippen molar-refractivity contribution in [2.75, 3.05) is 20.3 Å². The van der Waals surface area contributed by atoms with Crippen LogP contribution >= 0.6 is 0 Å². The molecule has 1 unspecified atom stereocenters. The molecule has 106 valence electrons. The van der Waals surface area contributed by atoms with Crippen LogP contribution in [0.1, 0.15) is 19.4 Å². The third-order valence-corrected chi connectivity index (χ3v) is 3.01. The van der Waals surface area contributed by atoms with Crippen molar-refractivity contribution >= 4 is 0 Å². The van der Waals surface area contributed by atoms with E-state index < -0.39 is 5.79 Å². The summed E-state index contributed by atoms with van der Waals surface area (Å²) in [6.45, 7) is 5.86. The van der Waals surface area contributed by atoms with Gasteiger partial charge >= 0.3 is 0 Å². The smallest absolute Gasteiger partial charge is 0.163 e. The monoisotopic (exact) mass is 267 g/mol. The van der Waals surface area contributed by atoms with Crippen LogP contribution in [-0.4, -0.2) is 37.3 Å². The molecule has 1 aliphatic heterocycles. The second-order valence-electron chi connectivity index (χ2n) is 5.09. The van der Waals surface area contributed by atoms with Crippen LogP contribution < -0.4 is 10.1 Å². The quantitative estimate of drug-likeness (QED) is 0.849. The third-order valence-electron chi connectivity index (χ3n) is 3.01. The van der Waals surface area contributed by atoms with Crippen LogP contribution in [0.2, 0.25) is 0 Å². The van der Waals surface area contributed by atoms with E-state index in [0.29, 0.717) is 18.9 Å². The lowest BCUT2D eigenvalue weighted by atomic mass is 10.2. The van der Waals surface area contributed by atoms with Crippen LogP contribution in [0.15, 0.2) is 18.2 Å². The average molecular weight is 267 g/mol. The highest BCUT2D eigenvalue weighted by Crippen LogP contribution is 2.26. The van der Waals surface area contributed by atoms with E-state index in [4.69, 9.17) is 14.2 Å². The molecule has 0 aromatic heterocycles. The Labute approximate surface area is 113 Å². The first-order valence-electron chi connectivity index (χ1n) is 6.38. The summed E-state index contributed by atoms with van der Waals surface area (Å²) in [5.74, 6) is 0.162. The standard InChI is InChI=1S/C14H21NO4/c1-14(2)18-9-11(19-14)8-15-7-10-4-5-12(16)13(6-10)17-3/h4-6,11,15-16H,7-9H2,1-3H3. The van der Waals surface area contributed by atoms with E-state index in [2.05, 4.69) is 5.32 Å². The highest BCUT2D eigenvalue weighted by Gasteiger charge is 2.32. The molecule has 1 aromatic carbocycles. The number of hydrogen-bond acceptors (Lipinski definition) is 5. The summed E-state index contributed by atoms with van der Waals surface area (Å²) in [4.78, 5) is 0. The van der Waals surface area contributed by atoms with Gasteiger partial charge in [0.2, 0.25) is 0 Å². The van der Waals surface area contributed by atoms with Crippen LogP contribution in [-0.2, 0) is 16.0 Å². The molecule has 5 heteroatoms. The normalized spacial score (nSPS) is 21.5. The van der Waals surface area contributed by atoms with Crippen LogP contribution in [0, 0.1) is 0 Å². The molecule has 2 N–H and O–H groups in total. The molecule has 0 bridgehead atoms. The zero-order chi connectivity index (χ0) is 13.9. The Hall–Kier alpha value is -1.30. The number of ether oxygens (including phenoxy) is 3. The number of phenols is 1. The fraction of sp³-hybridized carbons (Fsp3) is 0.571. The number of rotatable bonds is 5. The Balaban J connectivity index is 1.80. The summed E-state index contributed by atoms with van der Waals surface area (Å²) >= 11 is 0. The highest BCUT2D eigenvalue weighted by atomic mass is 16.7. The number of nitrogens with one attached hydrogen (secondary N) is 1. The third kappa shape index (κ3) is 3.83. The number of aromatic hydroxyl groups is 1. The minimum absolute atomic E-state index is 0.0778. The molecule has 1 fully saturated rings. The highest BCUT2D eigenvalue weighted by molar-refractivity contribution is 5.41. The van der Waals surface area contributed by atoms with Gasteiger partial charge in [-0.1, -0.05) is 6.07 Å². The fourth-order valence-electron chi connectivity index (χ4n) is 2.07. The maximum atomic E-state index is 9.51. The summed E-state index contributed by atoms with van der Waals surface area (Å²) in [6.07, 6.45) is 0.0778. The molecule has 0 radical (unpaired) electrons. The van der Waals surface area contributed by atoms with Crippen molar-refractivity contribution in [2.45, 2.75) is 32.3 Å². The van der Waals surface area contributed by atoms with E-state index in [9.17, 15) is 5.11 Å². The Kier molecular flexibility index (Phi) is 4.29. The number of benzene rings is 1. The number of phenolic OH excluding ortho intramolecular Hbond substituents is 1. The Bertz CT molecular complexity index is 433. The molecule has 0 amide bonds. The summed E-state index contributed by atoms with van der Waals surface area (Å²) in [7, 11) is 1.54. The summed E-state index contributed by atoms with van der Waals surface area (Å²) in [6, 6.07) is 5.31. The second-order valence-corrected chi connectivity index (χ2v) is 5.09. The van der Waals surface area contributed by atoms with Crippen molar-refractivity contribution in [1.82, 2.24) is 5.32 Å². The second kappa shape index (κ2) is 5.77. The van der Waals surface area contributed by atoms with Crippen LogP contribution in [0.4, 0.5) is 0 Å². The number of hydrogen-bond donors (Lipinski definition) is 2. The molecule has 1 saturated heterocycles.